The van der Waals surface area contributed by atoms with Crippen molar-refractivity contribution in [3.8, 4) is 16.6 Å². The van der Waals surface area contributed by atoms with Gasteiger partial charge < -0.3 is 9.80 Å². The van der Waals surface area contributed by atoms with Gasteiger partial charge in [-0.05, 0) is 48.4 Å². The molecule has 2 amide bonds. The Hall–Kier alpha value is -4.03. The molecule has 0 bridgehead atoms. The number of carbonyl (C=O) groups excluding carboxylic acids is 2. The molecule has 2 aliphatic rings. The number of nitrogens with zero attached hydrogens (tertiary/aromatic N) is 5. The maximum absolute atomic E-state index is 14.0. The molecule has 2 atom stereocenters. The number of rotatable bonds is 7. The van der Waals surface area contributed by atoms with E-state index >= 15 is 0 Å². The van der Waals surface area contributed by atoms with Crippen molar-refractivity contribution in [3.05, 3.63) is 76.4 Å². The van der Waals surface area contributed by atoms with Crippen LogP contribution in [-0.2, 0) is 17.9 Å². The monoisotopic (exact) mass is 540 g/mol. The predicted molar refractivity (Wildman–Crippen MR) is 152 cm³/mol. The van der Waals surface area contributed by atoms with Crippen molar-refractivity contribution in [2.75, 3.05) is 6.54 Å². The van der Waals surface area contributed by atoms with E-state index in [1.165, 1.54) is 0 Å². The molecule has 1 fully saturated rings. The molecule has 1 saturated heterocycles. The normalized spacial score (nSPS) is 17.9. The summed E-state index contributed by atoms with van der Waals surface area (Å²) in [6, 6.07) is 14.8. The number of hydrogen-bond donors (Lipinski definition) is 1. The molecule has 0 spiro atoms. The summed E-state index contributed by atoms with van der Waals surface area (Å²) in [6.07, 6.45) is 3.53. The van der Waals surface area contributed by atoms with Gasteiger partial charge in [0.25, 0.3) is 5.91 Å². The van der Waals surface area contributed by atoms with Crippen LogP contribution in [0.25, 0.3) is 10.4 Å². The van der Waals surface area contributed by atoms with Crippen LogP contribution >= 0.6 is 11.3 Å². The lowest BCUT2D eigenvalue weighted by molar-refractivity contribution is -0.137. The van der Waals surface area contributed by atoms with Gasteiger partial charge in [-0.3, -0.25) is 19.9 Å². The van der Waals surface area contributed by atoms with Crippen LogP contribution in [-0.4, -0.2) is 51.1 Å². The van der Waals surface area contributed by atoms with Crippen LogP contribution in [0.3, 0.4) is 0 Å². The molecule has 9 heteroatoms. The molecule has 3 aromatic rings. The SMILES string of the molecule is Cc1ncsc1-c1ccc(CN=C(NC#N)C2CCCN2C(=O)C(C(C)C)N2Cc3ccccc3C2=O)cc1. The van der Waals surface area contributed by atoms with E-state index in [1.807, 2.05) is 68.9 Å². The van der Waals surface area contributed by atoms with Crippen LogP contribution in [0.15, 0.2) is 59.0 Å². The number of hydrogen-bond acceptors (Lipinski definition) is 6. The number of amidine groups is 1. The summed E-state index contributed by atoms with van der Waals surface area (Å²) in [4.78, 5) is 41.0. The first-order valence-electron chi connectivity index (χ1n) is 13.3. The lowest BCUT2D eigenvalue weighted by atomic mass is 10.00. The zero-order valence-corrected chi connectivity index (χ0v) is 23.2. The first-order chi connectivity index (χ1) is 18.9. The Bertz CT molecular complexity index is 1440. The van der Waals surface area contributed by atoms with Crippen molar-refractivity contribution < 1.29 is 9.59 Å². The van der Waals surface area contributed by atoms with Crippen molar-refractivity contribution in [2.45, 2.75) is 58.8 Å². The van der Waals surface area contributed by atoms with Crippen molar-refractivity contribution in [2.24, 2.45) is 10.9 Å². The van der Waals surface area contributed by atoms with Gasteiger partial charge in [0.15, 0.2) is 6.19 Å². The third-order valence-corrected chi connectivity index (χ3v) is 8.48. The number of nitriles is 1. The fourth-order valence-corrected chi connectivity index (χ4v) is 6.38. The summed E-state index contributed by atoms with van der Waals surface area (Å²) in [5, 5.41) is 12.2. The third kappa shape index (κ3) is 5.30. The molecular formula is C30H32N6O2S. The molecule has 39 heavy (non-hydrogen) atoms. The molecule has 2 aromatic carbocycles. The van der Waals surface area contributed by atoms with Crippen LogP contribution in [0.1, 0.15) is 53.9 Å². The van der Waals surface area contributed by atoms with E-state index < -0.39 is 6.04 Å². The molecule has 200 valence electrons. The number of fused-ring (bicyclic) bond motifs is 1. The Morgan fingerprint density at radius 2 is 2.00 bits per heavy atom. The van der Waals surface area contributed by atoms with Gasteiger partial charge in [-0.2, -0.15) is 5.26 Å². The second kappa shape index (κ2) is 11.4. The first-order valence-corrected chi connectivity index (χ1v) is 14.1. The highest BCUT2D eigenvalue weighted by atomic mass is 32.1. The summed E-state index contributed by atoms with van der Waals surface area (Å²) in [5.74, 6) is 0.228. The van der Waals surface area contributed by atoms with Crippen molar-refractivity contribution >= 4 is 29.0 Å². The minimum atomic E-state index is -0.587. The van der Waals surface area contributed by atoms with Gasteiger partial charge in [0.2, 0.25) is 5.91 Å². The van der Waals surface area contributed by atoms with Crippen LogP contribution < -0.4 is 5.32 Å². The Balaban J connectivity index is 1.34. The van der Waals surface area contributed by atoms with Gasteiger partial charge in [0.1, 0.15) is 11.9 Å². The second-order valence-corrected chi connectivity index (χ2v) is 11.2. The van der Waals surface area contributed by atoms with E-state index in [4.69, 9.17) is 4.99 Å². The lowest BCUT2D eigenvalue weighted by Gasteiger charge is -2.35. The average Bonchev–Trinajstić information content (AvgIpc) is 3.66. The van der Waals surface area contributed by atoms with Crippen molar-refractivity contribution in [1.82, 2.24) is 20.1 Å². The van der Waals surface area contributed by atoms with E-state index in [2.05, 4.69) is 22.4 Å². The van der Waals surface area contributed by atoms with E-state index in [1.54, 1.807) is 21.1 Å². The van der Waals surface area contributed by atoms with Crippen LogP contribution in [0.5, 0.6) is 0 Å². The first kappa shape index (κ1) is 26.6. The van der Waals surface area contributed by atoms with Gasteiger partial charge in [-0.15, -0.1) is 11.3 Å². The second-order valence-electron chi connectivity index (χ2n) is 10.4. The zero-order valence-electron chi connectivity index (χ0n) is 22.4. The van der Waals surface area contributed by atoms with Gasteiger partial charge in [-0.25, -0.2) is 4.98 Å². The Morgan fingerprint density at radius 3 is 2.67 bits per heavy atom. The molecule has 1 N–H and O–H groups in total. The highest BCUT2D eigenvalue weighted by Crippen LogP contribution is 2.30. The Kier molecular flexibility index (Phi) is 7.75. The summed E-state index contributed by atoms with van der Waals surface area (Å²) in [7, 11) is 0. The summed E-state index contributed by atoms with van der Waals surface area (Å²) >= 11 is 1.62. The molecule has 0 radical (unpaired) electrons. The van der Waals surface area contributed by atoms with Gasteiger partial charge in [0, 0.05) is 18.7 Å². The standard InChI is InChI=1S/C30H32N6O2S/c1-19(2)26(36-16-23-7-4-5-8-24(23)29(36)37)30(38)35-14-6-9-25(35)28(33-17-31)32-15-21-10-12-22(13-11-21)27-20(3)34-18-39-27/h4-5,7-8,10-13,18-19,25-26H,6,9,14-16H2,1-3H3,(H,32,33). The predicted octanol–water partition coefficient (Wildman–Crippen LogP) is 4.76. The van der Waals surface area contributed by atoms with E-state index in [0.29, 0.717) is 37.5 Å². The van der Waals surface area contributed by atoms with Gasteiger partial charge in [0.05, 0.1) is 28.7 Å². The fraction of sp³-hybridized carbons (Fsp3) is 0.367. The average molecular weight is 541 g/mol. The number of carbonyl (C=O) groups is 2. The summed E-state index contributed by atoms with van der Waals surface area (Å²) in [6.45, 7) is 7.33. The number of aryl methyl sites for hydroxylation is 1. The molecule has 8 nitrogen and oxygen atoms in total. The van der Waals surface area contributed by atoms with Crippen molar-refractivity contribution in [3.63, 3.8) is 0 Å². The highest BCUT2D eigenvalue weighted by Gasteiger charge is 2.43. The topological polar surface area (TPSA) is 102 Å². The van der Waals surface area contributed by atoms with Crippen LogP contribution in [0, 0.1) is 24.3 Å². The maximum Gasteiger partial charge on any atom is 0.255 e. The molecule has 0 aliphatic carbocycles. The zero-order chi connectivity index (χ0) is 27.5. The molecule has 0 saturated carbocycles. The lowest BCUT2D eigenvalue weighted by Crippen LogP contribution is -2.55. The minimum absolute atomic E-state index is 0.0676. The maximum atomic E-state index is 14.0. The molecule has 2 aliphatic heterocycles. The van der Waals surface area contributed by atoms with Gasteiger partial charge in [-0.1, -0.05) is 56.3 Å². The number of likely N-dealkylation sites (tertiary alicyclic amines) is 1. The minimum Gasteiger partial charge on any atom is -0.331 e. The van der Waals surface area contributed by atoms with Gasteiger partial charge >= 0.3 is 0 Å². The summed E-state index contributed by atoms with van der Waals surface area (Å²) in [5.41, 5.74) is 6.59. The number of aliphatic imine (C=N–C) groups is 1. The molecule has 5 rings (SSSR count). The number of amides is 2. The number of benzene rings is 2. The Labute approximate surface area is 233 Å². The smallest absolute Gasteiger partial charge is 0.255 e. The van der Waals surface area contributed by atoms with Crippen LogP contribution in [0.2, 0.25) is 0 Å². The number of aromatic nitrogens is 1. The van der Waals surface area contributed by atoms with Crippen molar-refractivity contribution in [1.29, 1.82) is 5.26 Å². The van der Waals surface area contributed by atoms with Crippen LogP contribution in [0.4, 0.5) is 0 Å². The number of thiazole rings is 1. The molecule has 2 unspecified atom stereocenters. The molecule has 1 aromatic heterocycles. The number of nitrogens with one attached hydrogen (secondary N) is 1. The Morgan fingerprint density at radius 1 is 1.23 bits per heavy atom. The van der Waals surface area contributed by atoms with E-state index in [0.717, 1.165) is 33.7 Å². The quantitative estimate of drug-likeness (QED) is 0.202. The molecule has 3 heterocycles. The summed E-state index contributed by atoms with van der Waals surface area (Å²) < 4.78 is 0. The third-order valence-electron chi connectivity index (χ3n) is 7.50. The van der Waals surface area contributed by atoms with E-state index in [-0.39, 0.29) is 23.8 Å². The van der Waals surface area contributed by atoms with E-state index in [9.17, 15) is 14.9 Å². The molecular weight excluding hydrogens is 508 g/mol. The largest absolute Gasteiger partial charge is 0.331 e. The highest BCUT2D eigenvalue weighted by molar-refractivity contribution is 7.13. The fourth-order valence-electron chi connectivity index (χ4n) is 5.57.